The Morgan fingerprint density at radius 1 is 1.03 bits per heavy atom. The first-order valence-corrected chi connectivity index (χ1v) is 10.2. The van der Waals surface area contributed by atoms with Gasteiger partial charge in [0.25, 0.3) is 0 Å². The summed E-state index contributed by atoms with van der Waals surface area (Å²) in [5, 5.41) is 4.28. The van der Waals surface area contributed by atoms with Crippen LogP contribution in [0.1, 0.15) is 17.2 Å². The lowest BCUT2D eigenvalue weighted by atomic mass is 10.1. The molecule has 0 saturated carbocycles. The standard InChI is InChI=1S/C23H19FN8/c24-17-12-13-11-14(4-5-15(13)20(17)25)32-22(16-3-1-8-27-21(16)26)29-18-6-7-19(30-23(18)32)31-10-2-9-28-31/h1-11,17,20H,12,25H2,(H2,26,27)/t17-,20+/m0/s1. The van der Waals surface area contributed by atoms with E-state index in [0.29, 0.717) is 34.2 Å². The van der Waals surface area contributed by atoms with Gasteiger partial charge in [0, 0.05) is 30.7 Å². The molecule has 2 atom stereocenters. The molecule has 1 aliphatic carbocycles. The number of hydrogen-bond acceptors (Lipinski definition) is 6. The zero-order chi connectivity index (χ0) is 21.8. The molecule has 0 radical (unpaired) electrons. The third-order valence-corrected chi connectivity index (χ3v) is 5.86. The Balaban J connectivity index is 1.63. The number of nitrogen functional groups attached to an aromatic ring is 1. The van der Waals surface area contributed by atoms with Crippen molar-refractivity contribution in [2.24, 2.45) is 5.73 Å². The molecule has 0 saturated heterocycles. The molecule has 6 rings (SSSR count). The number of benzene rings is 1. The minimum absolute atomic E-state index is 0.285. The predicted octanol–water partition coefficient (Wildman–Crippen LogP) is 3.14. The molecule has 9 heteroatoms. The van der Waals surface area contributed by atoms with Gasteiger partial charge in [-0.2, -0.15) is 5.10 Å². The fourth-order valence-corrected chi connectivity index (χ4v) is 4.28. The molecule has 1 aliphatic rings. The van der Waals surface area contributed by atoms with Crippen LogP contribution in [0, 0.1) is 0 Å². The minimum atomic E-state index is -1.09. The minimum Gasteiger partial charge on any atom is -0.383 e. The summed E-state index contributed by atoms with van der Waals surface area (Å²) < 4.78 is 17.9. The molecular weight excluding hydrogens is 407 g/mol. The highest BCUT2D eigenvalue weighted by Crippen LogP contribution is 2.36. The Labute approximate surface area is 182 Å². The maximum absolute atomic E-state index is 14.3. The van der Waals surface area contributed by atoms with E-state index in [1.165, 1.54) is 0 Å². The zero-order valence-corrected chi connectivity index (χ0v) is 16.9. The number of nitrogens with two attached hydrogens (primary N) is 2. The SMILES string of the molecule is Nc1ncccc1-c1nc2ccc(-n3cccn3)nc2n1-c1ccc2c(c1)C[C@H](F)[C@@H]2N. The Kier molecular flexibility index (Phi) is 4.05. The normalized spacial score (nSPS) is 17.7. The van der Waals surface area contributed by atoms with Crippen LogP contribution in [0.2, 0.25) is 0 Å². The molecule has 4 heterocycles. The molecular formula is C23H19FN8. The molecule has 4 N–H and O–H groups in total. The van der Waals surface area contributed by atoms with Crippen molar-refractivity contribution in [1.29, 1.82) is 0 Å². The monoisotopic (exact) mass is 426 g/mol. The second kappa shape index (κ2) is 6.96. The summed E-state index contributed by atoms with van der Waals surface area (Å²) >= 11 is 0. The van der Waals surface area contributed by atoms with Gasteiger partial charge >= 0.3 is 0 Å². The van der Waals surface area contributed by atoms with Crippen molar-refractivity contribution < 1.29 is 4.39 Å². The van der Waals surface area contributed by atoms with E-state index in [1.54, 1.807) is 17.1 Å². The summed E-state index contributed by atoms with van der Waals surface area (Å²) in [4.78, 5) is 13.9. The second-order valence-corrected chi connectivity index (χ2v) is 7.80. The van der Waals surface area contributed by atoms with Crippen molar-refractivity contribution in [1.82, 2.24) is 29.3 Å². The van der Waals surface area contributed by atoms with Gasteiger partial charge in [-0.05, 0) is 53.6 Å². The summed E-state index contributed by atoms with van der Waals surface area (Å²) in [6.45, 7) is 0. The summed E-state index contributed by atoms with van der Waals surface area (Å²) in [6.07, 6.45) is 4.36. The number of rotatable bonds is 3. The summed E-state index contributed by atoms with van der Waals surface area (Å²) in [5.41, 5.74) is 16.7. The second-order valence-electron chi connectivity index (χ2n) is 7.80. The molecule has 4 aromatic heterocycles. The summed E-state index contributed by atoms with van der Waals surface area (Å²) in [7, 11) is 0. The average Bonchev–Trinajstić information content (AvgIpc) is 3.52. The molecule has 8 nitrogen and oxygen atoms in total. The maximum Gasteiger partial charge on any atom is 0.167 e. The van der Waals surface area contributed by atoms with Crippen LogP contribution in [0.25, 0.3) is 34.1 Å². The molecule has 0 spiro atoms. The quantitative estimate of drug-likeness (QED) is 0.458. The van der Waals surface area contributed by atoms with Crippen molar-refractivity contribution in [2.75, 3.05) is 5.73 Å². The number of halogens is 1. The van der Waals surface area contributed by atoms with E-state index in [1.807, 2.05) is 59.3 Å². The van der Waals surface area contributed by atoms with Crippen molar-refractivity contribution in [3.05, 3.63) is 78.2 Å². The summed E-state index contributed by atoms with van der Waals surface area (Å²) in [5.74, 6) is 1.62. The number of imidazole rings is 1. The summed E-state index contributed by atoms with van der Waals surface area (Å²) in [6, 6.07) is 14.4. The van der Waals surface area contributed by atoms with E-state index in [4.69, 9.17) is 21.4 Å². The number of aromatic nitrogens is 6. The van der Waals surface area contributed by atoms with Crippen LogP contribution in [0.4, 0.5) is 10.2 Å². The van der Waals surface area contributed by atoms with Crippen LogP contribution in [0.3, 0.4) is 0 Å². The van der Waals surface area contributed by atoms with Crippen LogP contribution in [-0.4, -0.2) is 35.5 Å². The van der Waals surface area contributed by atoms with Gasteiger partial charge in [0.1, 0.15) is 17.5 Å². The van der Waals surface area contributed by atoms with Crippen molar-refractivity contribution in [3.63, 3.8) is 0 Å². The molecule has 158 valence electrons. The number of fused-ring (bicyclic) bond motifs is 2. The Morgan fingerprint density at radius 3 is 2.75 bits per heavy atom. The predicted molar refractivity (Wildman–Crippen MR) is 119 cm³/mol. The van der Waals surface area contributed by atoms with E-state index in [9.17, 15) is 4.39 Å². The topological polar surface area (TPSA) is 113 Å². The third kappa shape index (κ3) is 2.78. The molecule has 0 amide bonds. The highest BCUT2D eigenvalue weighted by atomic mass is 19.1. The van der Waals surface area contributed by atoms with Gasteiger partial charge in [-0.3, -0.25) is 4.57 Å². The maximum atomic E-state index is 14.3. The highest BCUT2D eigenvalue weighted by molar-refractivity contribution is 5.83. The largest absolute Gasteiger partial charge is 0.383 e. The van der Waals surface area contributed by atoms with Crippen LogP contribution in [-0.2, 0) is 6.42 Å². The molecule has 0 bridgehead atoms. The van der Waals surface area contributed by atoms with Gasteiger partial charge in [-0.1, -0.05) is 6.07 Å². The van der Waals surface area contributed by atoms with E-state index in [0.717, 1.165) is 16.8 Å². The number of hydrogen-bond donors (Lipinski definition) is 2. The van der Waals surface area contributed by atoms with Gasteiger partial charge in [-0.25, -0.2) is 24.0 Å². The van der Waals surface area contributed by atoms with Crippen LogP contribution in [0.15, 0.2) is 67.1 Å². The van der Waals surface area contributed by atoms with Gasteiger partial charge in [0.05, 0.1) is 11.6 Å². The molecule has 0 unspecified atom stereocenters. The Morgan fingerprint density at radius 2 is 1.94 bits per heavy atom. The van der Waals surface area contributed by atoms with Crippen LogP contribution in [0.5, 0.6) is 0 Å². The lowest BCUT2D eigenvalue weighted by Crippen LogP contribution is -2.17. The van der Waals surface area contributed by atoms with Gasteiger partial charge in [0.2, 0.25) is 0 Å². The number of anilines is 1. The first-order chi connectivity index (χ1) is 15.6. The smallest absolute Gasteiger partial charge is 0.167 e. The fraction of sp³-hybridized carbons (Fsp3) is 0.130. The molecule has 0 aliphatic heterocycles. The zero-order valence-electron chi connectivity index (χ0n) is 16.9. The van der Waals surface area contributed by atoms with Crippen LogP contribution < -0.4 is 11.5 Å². The van der Waals surface area contributed by atoms with Crippen molar-refractivity contribution in [2.45, 2.75) is 18.6 Å². The molecule has 32 heavy (non-hydrogen) atoms. The number of nitrogens with zero attached hydrogens (tertiary/aromatic N) is 6. The van der Waals surface area contributed by atoms with E-state index < -0.39 is 12.2 Å². The first-order valence-electron chi connectivity index (χ1n) is 10.2. The van der Waals surface area contributed by atoms with E-state index >= 15 is 0 Å². The van der Waals surface area contributed by atoms with Crippen molar-refractivity contribution in [3.8, 4) is 22.9 Å². The highest BCUT2D eigenvalue weighted by Gasteiger charge is 2.30. The lowest BCUT2D eigenvalue weighted by Gasteiger charge is -2.13. The Hall–Kier alpha value is -4.11. The molecule has 5 aromatic rings. The van der Waals surface area contributed by atoms with Gasteiger partial charge in [0.15, 0.2) is 17.3 Å². The Bertz CT molecular complexity index is 1460. The first kappa shape index (κ1) is 18.6. The number of alkyl halides is 1. The fourth-order valence-electron chi connectivity index (χ4n) is 4.28. The van der Waals surface area contributed by atoms with Gasteiger partial charge < -0.3 is 11.5 Å². The average molecular weight is 426 g/mol. The lowest BCUT2D eigenvalue weighted by molar-refractivity contribution is 0.303. The third-order valence-electron chi connectivity index (χ3n) is 5.86. The van der Waals surface area contributed by atoms with Crippen LogP contribution >= 0.6 is 0 Å². The van der Waals surface area contributed by atoms with E-state index in [-0.39, 0.29) is 6.42 Å². The molecule has 0 fully saturated rings. The number of pyridine rings is 2. The van der Waals surface area contributed by atoms with Gasteiger partial charge in [-0.15, -0.1) is 0 Å². The van der Waals surface area contributed by atoms with E-state index in [2.05, 4.69) is 10.1 Å². The van der Waals surface area contributed by atoms with Crippen molar-refractivity contribution >= 4 is 17.0 Å². The molecule has 1 aromatic carbocycles.